The molecular weight excluding hydrogens is 397 g/mol. The van der Waals surface area contributed by atoms with E-state index in [0.29, 0.717) is 17.4 Å². The van der Waals surface area contributed by atoms with Crippen LogP contribution in [0.3, 0.4) is 0 Å². The first-order chi connectivity index (χ1) is 15.0. The number of carbonyl (C=O) groups excluding carboxylic acids is 1. The molecule has 0 spiro atoms. The molecular formula is C24H26FN3O3. The van der Waals surface area contributed by atoms with Gasteiger partial charge in [-0.15, -0.1) is 0 Å². The fraction of sp³-hybridized carbons (Fsp3) is 0.375. The first-order valence-corrected chi connectivity index (χ1v) is 10.7. The van der Waals surface area contributed by atoms with Crippen molar-refractivity contribution in [2.45, 2.75) is 24.5 Å². The summed E-state index contributed by atoms with van der Waals surface area (Å²) in [5.41, 5.74) is 1.25. The third kappa shape index (κ3) is 4.23. The number of likely N-dealkylation sites (tertiary alicyclic amines) is 2. The largest absolute Gasteiger partial charge is 0.457 e. The Balaban J connectivity index is 1.13. The highest BCUT2D eigenvalue weighted by Gasteiger charge is 2.37. The zero-order valence-electron chi connectivity index (χ0n) is 17.3. The van der Waals surface area contributed by atoms with Gasteiger partial charge in [0.1, 0.15) is 23.9 Å². The summed E-state index contributed by atoms with van der Waals surface area (Å²) in [4.78, 5) is 16.2. The van der Waals surface area contributed by atoms with E-state index in [1.165, 1.54) is 17.7 Å². The van der Waals surface area contributed by atoms with Crippen LogP contribution in [-0.2, 0) is 9.53 Å². The molecule has 1 N–H and O–H groups in total. The van der Waals surface area contributed by atoms with Crippen LogP contribution in [0.15, 0.2) is 60.9 Å². The molecule has 2 unspecified atom stereocenters. The van der Waals surface area contributed by atoms with Crippen molar-refractivity contribution in [3.8, 4) is 11.5 Å². The Morgan fingerprint density at radius 1 is 1.10 bits per heavy atom. The molecule has 0 saturated carbocycles. The number of ether oxygens (including phenoxy) is 2. The predicted molar refractivity (Wildman–Crippen MR) is 114 cm³/mol. The number of hydrogen-bond donors (Lipinski definition) is 1. The summed E-state index contributed by atoms with van der Waals surface area (Å²) in [6.07, 6.45) is 1.01. The normalized spacial score (nSPS) is 23.6. The quantitative estimate of drug-likeness (QED) is 0.801. The zero-order valence-corrected chi connectivity index (χ0v) is 17.3. The van der Waals surface area contributed by atoms with Crippen molar-refractivity contribution in [1.29, 1.82) is 0 Å². The molecule has 3 aliphatic rings. The molecule has 5 rings (SSSR count). The number of piperidine rings is 1. The summed E-state index contributed by atoms with van der Waals surface area (Å²) in [6.45, 7) is 7.93. The van der Waals surface area contributed by atoms with Gasteiger partial charge in [-0.05, 0) is 36.2 Å². The standard InChI is InChI=1S/C24H26FN3O3/c1-16(27-10-9-23-22(14-27)26-24(29)15-30-23)28-12-18(13-28)17-5-7-20(8-6-17)31-21-4-2-3-19(25)11-21/h2-8,11,18,22-23H,1,9-10,12-15H2,(H,26,29). The van der Waals surface area contributed by atoms with E-state index in [4.69, 9.17) is 9.47 Å². The van der Waals surface area contributed by atoms with E-state index < -0.39 is 0 Å². The van der Waals surface area contributed by atoms with Crippen molar-refractivity contribution in [2.75, 3.05) is 32.8 Å². The number of rotatable bonds is 5. The summed E-state index contributed by atoms with van der Waals surface area (Å²) in [5.74, 6) is 2.28. The third-order valence-electron chi connectivity index (χ3n) is 6.32. The molecule has 3 aliphatic heterocycles. The van der Waals surface area contributed by atoms with E-state index >= 15 is 0 Å². The molecule has 3 fully saturated rings. The molecule has 2 aromatic carbocycles. The number of amides is 1. The summed E-state index contributed by atoms with van der Waals surface area (Å²) >= 11 is 0. The molecule has 1 amide bonds. The van der Waals surface area contributed by atoms with Crippen molar-refractivity contribution in [3.63, 3.8) is 0 Å². The average molecular weight is 423 g/mol. The second-order valence-corrected chi connectivity index (χ2v) is 8.40. The molecule has 0 bridgehead atoms. The Morgan fingerprint density at radius 2 is 1.90 bits per heavy atom. The highest BCUT2D eigenvalue weighted by molar-refractivity contribution is 5.78. The molecule has 7 heteroatoms. The van der Waals surface area contributed by atoms with Crippen molar-refractivity contribution in [2.24, 2.45) is 0 Å². The van der Waals surface area contributed by atoms with Gasteiger partial charge in [-0.25, -0.2) is 4.39 Å². The Bertz CT molecular complexity index is 974. The Morgan fingerprint density at radius 3 is 2.68 bits per heavy atom. The van der Waals surface area contributed by atoms with Gasteiger partial charge >= 0.3 is 0 Å². The number of nitrogens with zero attached hydrogens (tertiary/aromatic N) is 2. The number of fused-ring (bicyclic) bond motifs is 1. The molecule has 6 nitrogen and oxygen atoms in total. The van der Waals surface area contributed by atoms with Gasteiger partial charge in [0.15, 0.2) is 0 Å². The maximum Gasteiger partial charge on any atom is 0.246 e. The number of benzene rings is 2. The summed E-state index contributed by atoms with van der Waals surface area (Å²) in [5, 5.41) is 3.04. The van der Waals surface area contributed by atoms with Crippen LogP contribution >= 0.6 is 0 Å². The SMILES string of the molecule is C=C(N1CC(c2ccc(Oc3cccc(F)c3)cc2)C1)N1CCC2OCC(=O)NC2C1. The molecule has 162 valence electrons. The van der Waals surface area contributed by atoms with E-state index in [1.54, 1.807) is 12.1 Å². The van der Waals surface area contributed by atoms with Crippen LogP contribution < -0.4 is 10.1 Å². The number of hydrogen-bond acceptors (Lipinski definition) is 5. The van der Waals surface area contributed by atoms with E-state index in [1.807, 2.05) is 12.1 Å². The lowest BCUT2D eigenvalue weighted by atomic mass is 9.91. The monoisotopic (exact) mass is 423 g/mol. The van der Waals surface area contributed by atoms with Gasteiger partial charge in [0.05, 0.1) is 18.0 Å². The number of halogens is 1. The van der Waals surface area contributed by atoms with Crippen molar-refractivity contribution in [3.05, 3.63) is 72.3 Å². The number of morpholine rings is 1. The molecule has 0 aliphatic carbocycles. The van der Waals surface area contributed by atoms with Gasteiger partial charge in [0, 0.05) is 38.2 Å². The Hall–Kier alpha value is -3.06. The first kappa shape index (κ1) is 19.9. The highest BCUT2D eigenvalue weighted by Crippen LogP contribution is 2.33. The van der Waals surface area contributed by atoms with Crippen LogP contribution in [0, 0.1) is 5.82 Å². The first-order valence-electron chi connectivity index (χ1n) is 10.7. The van der Waals surface area contributed by atoms with Crippen molar-refractivity contribution >= 4 is 5.91 Å². The second-order valence-electron chi connectivity index (χ2n) is 8.40. The summed E-state index contributed by atoms with van der Waals surface area (Å²) in [7, 11) is 0. The lowest BCUT2D eigenvalue weighted by Gasteiger charge is -2.49. The Labute approximate surface area is 181 Å². The van der Waals surface area contributed by atoms with Crippen LogP contribution in [0.25, 0.3) is 0 Å². The average Bonchev–Trinajstić information content (AvgIpc) is 2.73. The van der Waals surface area contributed by atoms with E-state index in [0.717, 1.165) is 38.4 Å². The molecule has 0 aromatic heterocycles. The fourth-order valence-electron chi connectivity index (χ4n) is 4.51. The van der Waals surface area contributed by atoms with E-state index in [-0.39, 0.29) is 30.5 Å². The fourth-order valence-corrected chi connectivity index (χ4v) is 4.51. The van der Waals surface area contributed by atoms with Crippen LogP contribution in [0.2, 0.25) is 0 Å². The van der Waals surface area contributed by atoms with E-state index in [9.17, 15) is 9.18 Å². The molecule has 2 aromatic rings. The van der Waals surface area contributed by atoms with E-state index in [2.05, 4.69) is 33.8 Å². The zero-order chi connectivity index (χ0) is 21.4. The Kier molecular flexibility index (Phi) is 5.28. The molecule has 3 saturated heterocycles. The number of nitrogens with one attached hydrogen (secondary N) is 1. The van der Waals surface area contributed by atoms with Crippen LogP contribution in [0.5, 0.6) is 11.5 Å². The summed E-state index contributed by atoms with van der Waals surface area (Å²) < 4.78 is 24.7. The topological polar surface area (TPSA) is 54.0 Å². The van der Waals surface area contributed by atoms with Gasteiger partial charge in [-0.1, -0.05) is 24.8 Å². The number of carbonyl (C=O) groups is 1. The van der Waals surface area contributed by atoms with Crippen molar-refractivity contribution in [1.82, 2.24) is 15.1 Å². The van der Waals surface area contributed by atoms with Crippen LogP contribution in [0.4, 0.5) is 4.39 Å². The maximum absolute atomic E-state index is 13.3. The minimum atomic E-state index is -0.313. The maximum atomic E-state index is 13.3. The van der Waals surface area contributed by atoms with Crippen LogP contribution in [-0.4, -0.2) is 60.6 Å². The van der Waals surface area contributed by atoms with Gasteiger partial charge < -0.3 is 24.6 Å². The third-order valence-corrected chi connectivity index (χ3v) is 6.32. The predicted octanol–water partition coefficient (Wildman–Crippen LogP) is 3.08. The molecule has 2 atom stereocenters. The smallest absolute Gasteiger partial charge is 0.246 e. The van der Waals surface area contributed by atoms with Gasteiger partial charge in [0.25, 0.3) is 0 Å². The minimum absolute atomic E-state index is 0.0365. The lowest BCUT2D eigenvalue weighted by Crippen LogP contribution is -2.61. The van der Waals surface area contributed by atoms with Gasteiger partial charge in [0.2, 0.25) is 5.91 Å². The highest BCUT2D eigenvalue weighted by atomic mass is 19.1. The van der Waals surface area contributed by atoms with Gasteiger partial charge in [-0.2, -0.15) is 0 Å². The lowest BCUT2D eigenvalue weighted by molar-refractivity contribution is -0.140. The minimum Gasteiger partial charge on any atom is -0.457 e. The molecule has 31 heavy (non-hydrogen) atoms. The molecule has 3 heterocycles. The molecule has 0 radical (unpaired) electrons. The van der Waals surface area contributed by atoms with Gasteiger partial charge in [-0.3, -0.25) is 4.79 Å². The van der Waals surface area contributed by atoms with Crippen molar-refractivity contribution < 1.29 is 18.7 Å². The second kappa shape index (κ2) is 8.23. The van der Waals surface area contributed by atoms with Crippen LogP contribution in [0.1, 0.15) is 17.9 Å². The summed E-state index contributed by atoms with van der Waals surface area (Å²) in [6, 6.07) is 14.2.